The van der Waals surface area contributed by atoms with Crippen LogP contribution in [0.3, 0.4) is 0 Å². The second kappa shape index (κ2) is 11.9. The molecule has 1 aliphatic carbocycles. The number of likely N-dealkylation sites (tertiary alicyclic amines) is 1. The Balaban J connectivity index is 1.26. The van der Waals surface area contributed by atoms with Gasteiger partial charge in [-0.3, -0.25) is 9.69 Å². The Morgan fingerprint density at radius 2 is 1.49 bits per heavy atom. The molecule has 0 radical (unpaired) electrons. The predicted octanol–water partition coefficient (Wildman–Crippen LogP) is 6.78. The molecule has 35 heavy (non-hydrogen) atoms. The third kappa shape index (κ3) is 7.79. The first kappa shape index (κ1) is 26.2. The Labute approximate surface area is 212 Å². The number of rotatable bonds is 8. The minimum absolute atomic E-state index is 0.0174. The third-order valence-electron chi connectivity index (χ3n) is 7.83. The van der Waals surface area contributed by atoms with Crippen molar-refractivity contribution in [2.75, 3.05) is 26.3 Å². The Kier molecular flexibility index (Phi) is 8.88. The molecule has 2 aromatic carbocycles. The molecule has 0 spiro atoms. The first-order valence-electron chi connectivity index (χ1n) is 13.8. The molecule has 0 N–H and O–H groups in total. The van der Waals surface area contributed by atoms with Gasteiger partial charge < -0.3 is 9.47 Å². The molecule has 1 saturated heterocycles. The van der Waals surface area contributed by atoms with E-state index in [1.807, 2.05) is 6.92 Å². The summed E-state index contributed by atoms with van der Waals surface area (Å²) in [4.78, 5) is 14.5. The quantitative estimate of drug-likeness (QED) is 0.391. The van der Waals surface area contributed by atoms with Crippen LogP contribution in [0.4, 0.5) is 0 Å². The normalized spacial score (nSPS) is 22.4. The smallest absolute Gasteiger partial charge is 0.309 e. The van der Waals surface area contributed by atoms with Crippen LogP contribution in [-0.2, 0) is 27.2 Å². The number of esters is 1. The van der Waals surface area contributed by atoms with Crippen molar-refractivity contribution in [2.24, 2.45) is 17.8 Å². The van der Waals surface area contributed by atoms with Gasteiger partial charge in [0.1, 0.15) is 0 Å². The average molecular weight is 480 g/mol. The fraction of sp³-hybridized carbons (Fsp3) is 0.645. The summed E-state index contributed by atoms with van der Waals surface area (Å²) in [6.45, 7) is 12.6. The van der Waals surface area contributed by atoms with Gasteiger partial charge in [-0.25, -0.2) is 0 Å². The number of ether oxygens (including phenoxy) is 2. The number of piperidine rings is 1. The topological polar surface area (TPSA) is 38.8 Å². The van der Waals surface area contributed by atoms with Gasteiger partial charge in [0.25, 0.3) is 0 Å². The van der Waals surface area contributed by atoms with E-state index in [4.69, 9.17) is 9.47 Å². The molecule has 0 atom stereocenters. The lowest BCUT2D eigenvalue weighted by atomic mass is 9.79. The van der Waals surface area contributed by atoms with Crippen molar-refractivity contribution < 1.29 is 14.3 Å². The van der Waals surface area contributed by atoms with E-state index < -0.39 is 0 Å². The molecule has 0 amide bonds. The summed E-state index contributed by atoms with van der Waals surface area (Å²) in [5, 5.41) is 2.68. The number of benzene rings is 2. The highest BCUT2D eigenvalue weighted by atomic mass is 16.5. The standard InChI is InChI=1S/C31H45NO3/c1-5-34-30(33)27-14-16-32(17-15-27)21-26-11-13-28-19-25(10-12-29(28)20-26)18-23-6-8-24(9-7-23)22-35-31(2,3)4/h10-13,19-20,23-24,27H,5-9,14-18,21-22H2,1-4H3/t23-,24-. The van der Waals surface area contributed by atoms with Gasteiger partial charge in [-0.2, -0.15) is 0 Å². The maximum atomic E-state index is 12.0. The summed E-state index contributed by atoms with van der Waals surface area (Å²) in [5.41, 5.74) is 2.80. The minimum atomic E-state index is -0.0250. The summed E-state index contributed by atoms with van der Waals surface area (Å²) in [6, 6.07) is 14.0. The first-order chi connectivity index (χ1) is 16.8. The molecule has 2 fully saturated rings. The summed E-state index contributed by atoms with van der Waals surface area (Å²) in [6.07, 6.45) is 8.25. The molecule has 2 aliphatic rings. The molecule has 1 aliphatic heterocycles. The van der Waals surface area contributed by atoms with Crippen molar-refractivity contribution >= 4 is 16.7 Å². The van der Waals surface area contributed by atoms with Gasteiger partial charge in [-0.15, -0.1) is 0 Å². The van der Waals surface area contributed by atoms with E-state index in [2.05, 4.69) is 62.1 Å². The number of carbonyl (C=O) groups excluding carboxylic acids is 1. The molecule has 1 saturated carbocycles. The van der Waals surface area contributed by atoms with E-state index in [-0.39, 0.29) is 17.5 Å². The molecule has 4 rings (SSSR count). The van der Waals surface area contributed by atoms with Crippen LogP contribution in [-0.4, -0.2) is 42.8 Å². The molecule has 0 bridgehead atoms. The van der Waals surface area contributed by atoms with Crippen molar-refractivity contribution in [3.63, 3.8) is 0 Å². The van der Waals surface area contributed by atoms with Gasteiger partial charge in [0.2, 0.25) is 0 Å². The SMILES string of the molecule is CCOC(=O)C1CCN(Cc2ccc3cc(C[C@H]4CC[C@H](COC(C)(C)C)CC4)ccc3c2)CC1. The van der Waals surface area contributed by atoms with E-state index in [0.29, 0.717) is 6.61 Å². The van der Waals surface area contributed by atoms with Crippen LogP contribution < -0.4 is 0 Å². The molecule has 1 heterocycles. The predicted molar refractivity (Wildman–Crippen MR) is 143 cm³/mol. The van der Waals surface area contributed by atoms with Gasteiger partial charge in [0, 0.05) is 6.54 Å². The van der Waals surface area contributed by atoms with Crippen LogP contribution in [0.15, 0.2) is 36.4 Å². The Hall–Kier alpha value is -1.91. The van der Waals surface area contributed by atoms with E-state index in [9.17, 15) is 4.79 Å². The molecule has 192 valence electrons. The zero-order chi connectivity index (χ0) is 24.8. The Morgan fingerprint density at radius 1 is 0.886 bits per heavy atom. The van der Waals surface area contributed by atoms with Crippen LogP contribution in [0, 0.1) is 17.8 Å². The van der Waals surface area contributed by atoms with Crippen molar-refractivity contribution in [2.45, 2.75) is 84.8 Å². The van der Waals surface area contributed by atoms with Gasteiger partial charge in [0.15, 0.2) is 0 Å². The van der Waals surface area contributed by atoms with Crippen molar-refractivity contribution in [3.05, 3.63) is 47.5 Å². The summed E-state index contributed by atoms with van der Waals surface area (Å²) in [7, 11) is 0. The monoisotopic (exact) mass is 479 g/mol. The number of carbonyl (C=O) groups is 1. The molecular weight excluding hydrogens is 434 g/mol. The molecular formula is C31H45NO3. The summed E-state index contributed by atoms with van der Waals surface area (Å²) in [5.74, 6) is 1.59. The third-order valence-corrected chi connectivity index (χ3v) is 7.83. The van der Waals surface area contributed by atoms with Crippen LogP contribution in [0.2, 0.25) is 0 Å². The van der Waals surface area contributed by atoms with Gasteiger partial charge in [-0.05, 0) is 126 Å². The average Bonchev–Trinajstić information content (AvgIpc) is 2.84. The van der Waals surface area contributed by atoms with Gasteiger partial charge >= 0.3 is 5.97 Å². The van der Waals surface area contributed by atoms with Crippen molar-refractivity contribution in [1.82, 2.24) is 4.90 Å². The van der Waals surface area contributed by atoms with Crippen LogP contribution in [0.1, 0.15) is 77.3 Å². The van der Waals surface area contributed by atoms with Crippen molar-refractivity contribution in [3.8, 4) is 0 Å². The minimum Gasteiger partial charge on any atom is -0.466 e. The molecule has 4 nitrogen and oxygen atoms in total. The molecule has 4 heteroatoms. The largest absolute Gasteiger partial charge is 0.466 e. The van der Waals surface area contributed by atoms with E-state index >= 15 is 0 Å². The zero-order valence-electron chi connectivity index (χ0n) is 22.4. The zero-order valence-corrected chi connectivity index (χ0v) is 22.4. The van der Waals surface area contributed by atoms with Crippen LogP contribution in [0.25, 0.3) is 10.8 Å². The molecule has 2 aromatic rings. The summed E-state index contributed by atoms with van der Waals surface area (Å²) >= 11 is 0. The van der Waals surface area contributed by atoms with E-state index in [0.717, 1.165) is 50.9 Å². The lowest BCUT2D eigenvalue weighted by molar-refractivity contribution is -0.149. The number of fused-ring (bicyclic) bond motifs is 1. The lowest BCUT2D eigenvalue weighted by Gasteiger charge is -2.31. The highest BCUT2D eigenvalue weighted by Crippen LogP contribution is 2.32. The number of hydrogen-bond donors (Lipinski definition) is 0. The highest BCUT2D eigenvalue weighted by Gasteiger charge is 2.26. The second-order valence-electron chi connectivity index (χ2n) is 11.8. The highest BCUT2D eigenvalue weighted by molar-refractivity contribution is 5.83. The maximum Gasteiger partial charge on any atom is 0.309 e. The Morgan fingerprint density at radius 3 is 2.11 bits per heavy atom. The van der Waals surface area contributed by atoms with Crippen molar-refractivity contribution in [1.29, 1.82) is 0 Å². The molecule has 0 aromatic heterocycles. The van der Waals surface area contributed by atoms with Gasteiger partial charge in [-0.1, -0.05) is 30.3 Å². The van der Waals surface area contributed by atoms with E-state index in [1.54, 1.807) is 0 Å². The number of hydrogen-bond acceptors (Lipinski definition) is 4. The molecule has 0 unspecified atom stereocenters. The second-order valence-corrected chi connectivity index (χ2v) is 11.8. The van der Waals surface area contributed by atoms with E-state index in [1.165, 1.54) is 54.0 Å². The maximum absolute atomic E-state index is 12.0. The Bertz CT molecular complexity index is 963. The summed E-state index contributed by atoms with van der Waals surface area (Å²) < 4.78 is 11.2. The first-order valence-corrected chi connectivity index (χ1v) is 13.8. The van der Waals surface area contributed by atoms with Gasteiger partial charge in [0.05, 0.1) is 24.7 Å². The fourth-order valence-corrected chi connectivity index (χ4v) is 5.72. The number of nitrogens with zero attached hydrogens (tertiary/aromatic N) is 1. The van der Waals surface area contributed by atoms with Crippen LogP contribution in [0.5, 0.6) is 0 Å². The van der Waals surface area contributed by atoms with Crippen LogP contribution >= 0.6 is 0 Å². The fourth-order valence-electron chi connectivity index (χ4n) is 5.72. The lowest BCUT2D eigenvalue weighted by Crippen LogP contribution is -2.36.